The minimum atomic E-state index is -0.823. The topological polar surface area (TPSA) is 43.4 Å². The molecule has 0 amide bonds. The largest absolute Gasteiger partial charge is 0.465 e. The number of cyclic esters (lactones) is 1. The fourth-order valence-corrected chi connectivity index (χ4v) is 2.28. The van der Waals surface area contributed by atoms with Gasteiger partial charge < -0.3 is 4.74 Å². The number of rotatable bonds is 5. The lowest BCUT2D eigenvalue weighted by Gasteiger charge is -2.25. The maximum atomic E-state index is 11.7. The van der Waals surface area contributed by atoms with Gasteiger partial charge in [0.15, 0.2) is 0 Å². The maximum absolute atomic E-state index is 11.7. The second-order valence-electron chi connectivity index (χ2n) is 4.41. The third-order valence-electron chi connectivity index (χ3n) is 3.62. The Labute approximate surface area is 91.2 Å². The number of ketones is 1. The van der Waals surface area contributed by atoms with E-state index in [1.54, 1.807) is 0 Å². The van der Waals surface area contributed by atoms with E-state index in [1.165, 1.54) is 6.92 Å². The summed E-state index contributed by atoms with van der Waals surface area (Å²) in [6.45, 7) is 6.11. The quantitative estimate of drug-likeness (QED) is 0.519. The van der Waals surface area contributed by atoms with Crippen molar-refractivity contribution in [3.63, 3.8) is 0 Å². The Hall–Kier alpha value is -0.860. The highest BCUT2D eigenvalue weighted by molar-refractivity contribution is 6.03. The van der Waals surface area contributed by atoms with Gasteiger partial charge in [-0.1, -0.05) is 26.7 Å². The third-order valence-corrected chi connectivity index (χ3v) is 3.62. The molecule has 1 unspecified atom stereocenters. The van der Waals surface area contributed by atoms with Crippen LogP contribution in [-0.2, 0) is 14.3 Å². The van der Waals surface area contributed by atoms with Crippen molar-refractivity contribution in [2.75, 3.05) is 6.61 Å². The molecule has 0 aromatic carbocycles. The molecule has 0 saturated carbocycles. The van der Waals surface area contributed by atoms with Crippen LogP contribution in [0.4, 0.5) is 0 Å². The van der Waals surface area contributed by atoms with Crippen LogP contribution in [0.1, 0.15) is 46.5 Å². The SMILES string of the molecule is CCC(CC)CC1(C(C)=O)CCOC1=O. The zero-order valence-electron chi connectivity index (χ0n) is 9.84. The number of hydrogen-bond donors (Lipinski definition) is 0. The van der Waals surface area contributed by atoms with Crippen molar-refractivity contribution in [1.82, 2.24) is 0 Å². The number of Topliss-reactive ketones (excluding diaryl/α,β-unsaturated/α-hetero) is 1. The molecule has 1 rings (SSSR count). The molecular formula is C12H20O3. The lowest BCUT2D eigenvalue weighted by molar-refractivity contribution is -0.151. The van der Waals surface area contributed by atoms with Gasteiger partial charge in [0.25, 0.3) is 0 Å². The molecule has 0 spiro atoms. The van der Waals surface area contributed by atoms with Crippen LogP contribution in [0.3, 0.4) is 0 Å². The van der Waals surface area contributed by atoms with Crippen molar-refractivity contribution < 1.29 is 14.3 Å². The molecular weight excluding hydrogens is 192 g/mol. The molecule has 1 saturated heterocycles. The van der Waals surface area contributed by atoms with E-state index >= 15 is 0 Å². The van der Waals surface area contributed by atoms with E-state index in [0.717, 1.165) is 12.8 Å². The van der Waals surface area contributed by atoms with Crippen LogP contribution in [-0.4, -0.2) is 18.4 Å². The summed E-state index contributed by atoms with van der Waals surface area (Å²) < 4.78 is 4.96. The van der Waals surface area contributed by atoms with Crippen molar-refractivity contribution in [2.45, 2.75) is 46.5 Å². The Bertz CT molecular complexity index is 256. The standard InChI is InChI=1S/C12H20O3/c1-4-10(5-2)8-12(9(3)13)6-7-15-11(12)14/h10H,4-8H2,1-3H3. The van der Waals surface area contributed by atoms with E-state index in [2.05, 4.69) is 13.8 Å². The van der Waals surface area contributed by atoms with E-state index in [0.29, 0.717) is 25.4 Å². The summed E-state index contributed by atoms with van der Waals surface area (Å²) in [5.41, 5.74) is -0.823. The van der Waals surface area contributed by atoms with Gasteiger partial charge in [0.05, 0.1) is 6.61 Å². The average Bonchev–Trinajstić information content (AvgIpc) is 2.57. The van der Waals surface area contributed by atoms with Gasteiger partial charge in [-0.2, -0.15) is 0 Å². The average molecular weight is 212 g/mol. The molecule has 0 aromatic heterocycles. The Morgan fingerprint density at radius 1 is 1.47 bits per heavy atom. The van der Waals surface area contributed by atoms with E-state index in [1.807, 2.05) is 0 Å². The van der Waals surface area contributed by atoms with Crippen molar-refractivity contribution in [3.8, 4) is 0 Å². The van der Waals surface area contributed by atoms with Gasteiger partial charge in [-0.3, -0.25) is 9.59 Å². The van der Waals surface area contributed by atoms with Gasteiger partial charge in [-0.15, -0.1) is 0 Å². The smallest absolute Gasteiger partial charge is 0.319 e. The van der Waals surface area contributed by atoms with Crippen LogP contribution in [0.15, 0.2) is 0 Å². The summed E-state index contributed by atoms with van der Waals surface area (Å²) in [6, 6.07) is 0. The molecule has 0 radical (unpaired) electrons. The minimum Gasteiger partial charge on any atom is -0.465 e. The van der Waals surface area contributed by atoms with E-state index in [4.69, 9.17) is 4.74 Å². The van der Waals surface area contributed by atoms with E-state index in [9.17, 15) is 9.59 Å². The highest BCUT2D eigenvalue weighted by Crippen LogP contribution is 2.39. The Balaban J connectivity index is 2.83. The van der Waals surface area contributed by atoms with Gasteiger partial charge in [-0.05, 0) is 19.3 Å². The van der Waals surface area contributed by atoms with Gasteiger partial charge in [0.1, 0.15) is 11.2 Å². The molecule has 0 aliphatic carbocycles. The molecule has 3 nitrogen and oxygen atoms in total. The molecule has 1 fully saturated rings. The number of carbonyl (C=O) groups is 2. The number of carbonyl (C=O) groups excluding carboxylic acids is 2. The number of esters is 1. The highest BCUT2D eigenvalue weighted by Gasteiger charge is 2.49. The second-order valence-corrected chi connectivity index (χ2v) is 4.41. The van der Waals surface area contributed by atoms with Crippen LogP contribution >= 0.6 is 0 Å². The van der Waals surface area contributed by atoms with Gasteiger partial charge in [0.2, 0.25) is 0 Å². The lowest BCUT2D eigenvalue weighted by atomic mass is 9.74. The fraction of sp³-hybridized carbons (Fsp3) is 0.833. The molecule has 1 aliphatic heterocycles. The number of ether oxygens (including phenoxy) is 1. The van der Waals surface area contributed by atoms with E-state index in [-0.39, 0.29) is 11.8 Å². The van der Waals surface area contributed by atoms with Crippen LogP contribution < -0.4 is 0 Å². The van der Waals surface area contributed by atoms with Gasteiger partial charge in [-0.25, -0.2) is 0 Å². The molecule has 0 bridgehead atoms. The van der Waals surface area contributed by atoms with Crippen molar-refractivity contribution in [1.29, 1.82) is 0 Å². The minimum absolute atomic E-state index is 0.0306. The molecule has 0 aromatic rings. The van der Waals surface area contributed by atoms with Crippen molar-refractivity contribution in [3.05, 3.63) is 0 Å². The molecule has 0 N–H and O–H groups in total. The Morgan fingerprint density at radius 2 is 2.07 bits per heavy atom. The fourth-order valence-electron chi connectivity index (χ4n) is 2.28. The van der Waals surface area contributed by atoms with Crippen molar-refractivity contribution >= 4 is 11.8 Å². The number of hydrogen-bond acceptors (Lipinski definition) is 3. The summed E-state index contributed by atoms with van der Waals surface area (Å²) >= 11 is 0. The van der Waals surface area contributed by atoms with Crippen LogP contribution in [0.2, 0.25) is 0 Å². The Morgan fingerprint density at radius 3 is 2.40 bits per heavy atom. The molecule has 86 valence electrons. The van der Waals surface area contributed by atoms with Crippen molar-refractivity contribution in [2.24, 2.45) is 11.3 Å². The molecule has 1 heterocycles. The van der Waals surface area contributed by atoms with Crippen LogP contribution in [0.5, 0.6) is 0 Å². The first-order valence-corrected chi connectivity index (χ1v) is 5.75. The van der Waals surface area contributed by atoms with E-state index < -0.39 is 5.41 Å². The summed E-state index contributed by atoms with van der Waals surface area (Å²) in [5.74, 6) is 0.110. The molecule has 1 aliphatic rings. The predicted octanol–water partition coefficient (Wildman–Crippen LogP) is 2.33. The first-order chi connectivity index (χ1) is 7.06. The molecule has 15 heavy (non-hydrogen) atoms. The molecule has 3 heteroatoms. The van der Waals surface area contributed by atoms with Gasteiger partial charge >= 0.3 is 5.97 Å². The monoisotopic (exact) mass is 212 g/mol. The first kappa shape index (κ1) is 12.2. The highest BCUT2D eigenvalue weighted by atomic mass is 16.5. The lowest BCUT2D eigenvalue weighted by Crippen LogP contribution is -2.36. The van der Waals surface area contributed by atoms with Gasteiger partial charge in [0, 0.05) is 6.42 Å². The zero-order chi connectivity index (χ0) is 11.5. The summed E-state index contributed by atoms with van der Waals surface area (Å²) in [6.07, 6.45) is 3.25. The molecule has 1 atom stereocenters. The maximum Gasteiger partial charge on any atom is 0.319 e. The predicted molar refractivity (Wildman–Crippen MR) is 57.4 cm³/mol. The Kier molecular flexibility index (Phi) is 3.89. The van der Waals surface area contributed by atoms with Crippen LogP contribution in [0, 0.1) is 11.3 Å². The summed E-state index contributed by atoms with van der Waals surface area (Å²) in [5, 5.41) is 0. The van der Waals surface area contributed by atoms with Crippen LogP contribution in [0.25, 0.3) is 0 Å². The normalized spacial score (nSPS) is 25.7. The first-order valence-electron chi connectivity index (χ1n) is 5.75. The second kappa shape index (κ2) is 4.77. The zero-order valence-corrected chi connectivity index (χ0v) is 9.84. The third kappa shape index (κ3) is 2.21. The summed E-state index contributed by atoms with van der Waals surface area (Å²) in [7, 11) is 0. The summed E-state index contributed by atoms with van der Waals surface area (Å²) in [4.78, 5) is 23.3.